The number of para-hydroxylation sites is 4. The van der Waals surface area contributed by atoms with Crippen molar-refractivity contribution in [1.82, 2.24) is 24.1 Å². The molecule has 2 aliphatic rings. The number of pyridine rings is 3. The molecule has 0 bridgehead atoms. The normalized spacial score (nSPS) is 13.2. The van der Waals surface area contributed by atoms with E-state index >= 15 is 0 Å². The Bertz CT molecular complexity index is 3840. The zero-order valence-electron chi connectivity index (χ0n) is 39.1. The summed E-state index contributed by atoms with van der Waals surface area (Å²) >= 11 is 2.48. The monoisotopic (exact) mass is 1100 g/mol. The summed E-state index contributed by atoms with van der Waals surface area (Å²) in [6.07, 6.45) is 9.71. The van der Waals surface area contributed by atoms with Gasteiger partial charge in [0.25, 0.3) is 0 Å². The maximum absolute atomic E-state index is 6.94. The summed E-state index contributed by atoms with van der Waals surface area (Å²) in [6.45, 7) is 6.70. The summed E-state index contributed by atoms with van der Waals surface area (Å²) < 4.78 is 12.6. The van der Waals surface area contributed by atoms with Crippen LogP contribution in [0.1, 0.15) is 48.6 Å². The van der Waals surface area contributed by atoms with Gasteiger partial charge < -0.3 is 0 Å². The summed E-state index contributed by atoms with van der Waals surface area (Å²) in [7, 11) is 0. The number of hydrogen-bond acceptors (Lipinski definition) is 5. The van der Waals surface area contributed by atoms with E-state index in [0.717, 1.165) is 99.0 Å². The van der Waals surface area contributed by atoms with Crippen LogP contribution in [0.25, 0.3) is 55.8 Å². The van der Waals surface area contributed by atoms with Crippen LogP contribution in [0.15, 0.2) is 213 Å². The quantitative estimate of drug-likeness (QED) is 0.149. The predicted molar refractivity (Wildman–Crippen MR) is 279 cm³/mol. The van der Waals surface area contributed by atoms with Crippen LogP contribution in [0.4, 0.5) is 17.2 Å². The maximum atomic E-state index is 6.94. The van der Waals surface area contributed by atoms with Gasteiger partial charge in [0.2, 0.25) is 0 Å². The number of fused-ring (bicyclic) bond motifs is 10. The first-order valence-corrected chi connectivity index (χ1v) is 24.9. The molecule has 0 atom stereocenters. The van der Waals surface area contributed by atoms with E-state index in [1.165, 1.54) is 5.56 Å². The van der Waals surface area contributed by atoms with Crippen LogP contribution in [-0.2, 0) is 30.2 Å². The molecule has 344 valence electrons. The molecule has 0 N–H and O–H groups in total. The van der Waals surface area contributed by atoms with E-state index in [2.05, 4.69) is 230 Å². The van der Waals surface area contributed by atoms with Crippen LogP contribution in [0, 0.1) is 15.9 Å². The van der Waals surface area contributed by atoms with E-state index in [1.54, 1.807) is 0 Å². The number of anilines is 3. The van der Waals surface area contributed by atoms with E-state index in [0.29, 0.717) is 11.5 Å². The van der Waals surface area contributed by atoms with Crippen molar-refractivity contribution >= 4 is 28.2 Å². The standard InChI is InChI=1S/C63H44N6O.Pt/c1-62(2,3)44-30-35-66-60(36-44)69-56-25-11-10-24-52(56)63(54-39-64-33-31-50(54)51-32-34-65-40-55(51)63)53-29-28-47(38-59(53)69)70-46-21-14-20-45(37-46)67-41-68(58-27-13-12-26-57(58)67)61-48(42-16-6-4-7-17-42)22-15-23-49(61)43-18-8-5-9-19-43;/h4-36,39-40H,1-3H3;/q-2;. The first-order chi connectivity index (χ1) is 34.8. The van der Waals surface area contributed by atoms with Crippen molar-refractivity contribution in [3.63, 3.8) is 0 Å². The molecule has 13 rings (SSSR count). The Hall–Kier alpha value is -8.25. The Morgan fingerprint density at radius 1 is 0.521 bits per heavy atom. The van der Waals surface area contributed by atoms with Crippen LogP contribution < -0.4 is 9.64 Å². The number of ether oxygens (including phenoxy) is 1. The van der Waals surface area contributed by atoms with Crippen molar-refractivity contribution in [3.05, 3.63) is 257 Å². The average molecular weight is 1100 g/mol. The van der Waals surface area contributed by atoms with Crippen molar-refractivity contribution in [3.8, 4) is 56.3 Å². The third kappa shape index (κ3) is 6.75. The molecule has 0 saturated carbocycles. The number of imidazole rings is 1. The van der Waals surface area contributed by atoms with E-state index in [4.69, 9.17) is 19.7 Å². The van der Waals surface area contributed by atoms with Gasteiger partial charge in [0.05, 0.1) is 0 Å². The fourth-order valence-corrected chi connectivity index (χ4v) is 11.9. The topological polar surface area (TPSA) is 61.0 Å². The summed E-state index contributed by atoms with van der Waals surface area (Å²) in [5.74, 6) is 1.90. The molecule has 5 heterocycles. The minimum atomic E-state index is -0.737. The molecule has 4 aromatic heterocycles. The molecule has 0 radical (unpaired) electrons. The van der Waals surface area contributed by atoms with E-state index in [9.17, 15) is 0 Å². The number of rotatable bonds is 7. The van der Waals surface area contributed by atoms with Gasteiger partial charge in [-0.2, -0.15) is 0 Å². The third-order valence-electron chi connectivity index (χ3n) is 14.0. The molecule has 1 spiro atoms. The molecular weight excluding hydrogens is 1050 g/mol. The average Bonchev–Trinajstić information content (AvgIpc) is 3.88. The van der Waals surface area contributed by atoms with Gasteiger partial charge in [-0.25, -0.2) is 0 Å². The van der Waals surface area contributed by atoms with Crippen molar-refractivity contribution in [2.45, 2.75) is 31.6 Å². The molecule has 7 nitrogen and oxygen atoms in total. The van der Waals surface area contributed by atoms with Gasteiger partial charge in [-0.3, -0.25) is 9.97 Å². The molecule has 11 aromatic rings. The Kier molecular flexibility index (Phi) is 10.1. The van der Waals surface area contributed by atoms with Crippen molar-refractivity contribution in [2.24, 2.45) is 0 Å². The van der Waals surface area contributed by atoms with Gasteiger partial charge in [-0.15, -0.1) is 0 Å². The van der Waals surface area contributed by atoms with Gasteiger partial charge in [-0.05, 0) is 40.3 Å². The Labute approximate surface area is 423 Å². The van der Waals surface area contributed by atoms with E-state index < -0.39 is 5.41 Å². The van der Waals surface area contributed by atoms with Gasteiger partial charge in [0.1, 0.15) is 0 Å². The van der Waals surface area contributed by atoms with Gasteiger partial charge >= 0.3 is 306 Å². The first-order valence-electron chi connectivity index (χ1n) is 23.7. The van der Waals surface area contributed by atoms with E-state index in [1.807, 2.05) is 49.2 Å². The van der Waals surface area contributed by atoms with Gasteiger partial charge in [-0.1, -0.05) is 39.0 Å². The van der Waals surface area contributed by atoms with Crippen LogP contribution in [0.2, 0.25) is 0 Å². The van der Waals surface area contributed by atoms with Crippen molar-refractivity contribution < 1.29 is 24.1 Å². The number of aromatic nitrogens is 5. The SMILES string of the molecule is CC(C)(C)c1ccnc(N2c3[c-]c(Oc4[c-]c(-n5[c](=[Pt])n(-c6c(-c7ccccc7)cccc6-c6ccccc6)c6ccccc65)ccc4)ccc3C3(c4cnccc4-c4ccncc43)c3ccccc32)c1. The molecule has 0 fully saturated rings. The minimum absolute atomic E-state index is 0.106. The second-order valence-electron chi connectivity index (χ2n) is 19.0. The third-order valence-corrected chi connectivity index (χ3v) is 15.0. The van der Waals surface area contributed by atoms with Gasteiger partial charge in [0, 0.05) is 31.0 Å². The second kappa shape index (κ2) is 16.7. The Morgan fingerprint density at radius 3 is 1.80 bits per heavy atom. The second-order valence-corrected chi connectivity index (χ2v) is 20.0. The molecular formula is C63H44N6OPt-2. The molecule has 7 aromatic carbocycles. The van der Waals surface area contributed by atoms with Crippen LogP contribution >= 0.6 is 0 Å². The fraction of sp³-hybridized carbons (Fsp3) is 0.0794. The van der Waals surface area contributed by atoms with Crippen molar-refractivity contribution in [1.29, 1.82) is 0 Å². The molecule has 71 heavy (non-hydrogen) atoms. The number of benzene rings is 7. The summed E-state index contributed by atoms with van der Waals surface area (Å²) in [5, 5.41) is 0. The molecule has 1 aliphatic carbocycles. The van der Waals surface area contributed by atoms with Crippen molar-refractivity contribution in [2.75, 3.05) is 4.90 Å². The summed E-state index contributed by atoms with van der Waals surface area (Å²) in [5.41, 5.74) is 17.4. The molecule has 0 saturated heterocycles. The number of nitrogens with zero attached hydrogens (tertiary/aromatic N) is 6. The zero-order valence-corrected chi connectivity index (χ0v) is 41.4. The predicted octanol–water partition coefficient (Wildman–Crippen LogP) is 14.9. The van der Waals surface area contributed by atoms with Crippen LogP contribution in [-0.4, -0.2) is 24.1 Å². The van der Waals surface area contributed by atoms with Crippen LogP contribution in [0.3, 0.4) is 0 Å². The molecule has 8 heteroatoms. The molecule has 1 aliphatic heterocycles. The zero-order chi connectivity index (χ0) is 47.8. The summed E-state index contributed by atoms with van der Waals surface area (Å²) in [6, 6.07) is 71.5. The number of hydrogen-bond donors (Lipinski definition) is 0. The molecule has 0 amide bonds. The fourth-order valence-electron chi connectivity index (χ4n) is 10.9. The Morgan fingerprint density at radius 2 is 1.13 bits per heavy atom. The van der Waals surface area contributed by atoms with E-state index in [-0.39, 0.29) is 5.41 Å². The van der Waals surface area contributed by atoms with Gasteiger partial charge in [0.15, 0.2) is 0 Å². The molecule has 0 unspecified atom stereocenters. The summed E-state index contributed by atoms with van der Waals surface area (Å²) in [4.78, 5) is 16.8. The first kappa shape index (κ1) is 42.8. The Balaban J connectivity index is 0.979. The van der Waals surface area contributed by atoms with Crippen LogP contribution in [0.5, 0.6) is 11.5 Å².